The van der Waals surface area contributed by atoms with Crippen LogP contribution in [0.15, 0.2) is 0 Å². The monoisotopic (exact) mass is 282 g/mol. The van der Waals surface area contributed by atoms with E-state index in [1.54, 1.807) is 11.8 Å². The van der Waals surface area contributed by atoms with Crippen LogP contribution in [0.1, 0.15) is 52.5 Å². The van der Waals surface area contributed by atoms with Gasteiger partial charge in [0, 0.05) is 6.42 Å². The van der Waals surface area contributed by atoms with E-state index in [2.05, 4.69) is 12.0 Å². The molecular weight excluding hydrogens is 260 g/mol. The highest BCUT2D eigenvalue weighted by Gasteiger charge is 2.21. The standard InChI is InChI=1S/C14H22N2O2S/c1-10-13(14(17)18)19-12(15-10)8-9-16(2)11-6-4-3-5-7-11/h11H,3-9H2,1-2H3,(H,17,18). The summed E-state index contributed by atoms with van der Waals surface area (Å²) >= 11 is 1.27. The molecule has 0 bridgehead atoms. The van der Waals surface area contributed by atoms with E-state index in [-0.39, 0.29) is 4.88 Å². The molecule has 0 aromatic carbocycles. The first-order valence-electron chi connectivity index (χ1n) is 7.08. The Hall–Kier alpha value is -0.940. The van der Waals surface area contributed by atoms with Crippen molar-refractivity contribution in [3.05, 3.63) is 15.6 Å². The molecule has 4 nitrogen and oxygen atoms in total. The van der Waals surface area contributed by atoms with Gasteiger partial charge < -0.3 is 14.8 Å². The topological polar surface area (TPSA) is 57.5 Å². The van der Waals surface area contributed by atoms with Gasteiger partial charge in [-0.3, -0.25) is 0 Å². The largest absolute Gasteiger partial charge is 0.544 e. The highest BCUT2D eigenvalue weighted by molar-refractivity contribution is 7.13. The molecule has 0 amide bonds. The lowest BCUT2D eigenvalue weighted by Crippen LogP contribution is -3.13. The zero-order chi connectivity index (χ0) is 13.8. The van der Waals surface area contributed by atoms with Crippen LogP contribution in [0.2, 0.25) is 0 Å². The van der Waals surface area contributed by atoms with Gasteiger partial charge in [-0.1, -0.05) is 6.42 Å². The number of thiazole rings is 1. The van der Waals surface area contributed by atoms with Crippen molar-refractivity contribution in [1.29, 1.82) is 0 Å². The number of carbonyl (C=O) groups is 1. The number of carboxylic acid groups (broad SMARTS) is 1. The lowest BCUT2D eigenvalue weighted by molar-refractivity contribution is -0.907. The Morgan fingerprint density at radius 1 is 1.42 bits per heavy atom. The summed E-state index contributed by atoms with van der Waals surface area (Å²) in [5.41, 5.74) is 0.593. The van der Waals surface area contributed by atoms with E-state index in [1.165, 1.54) is 43.4 Å². The van der Waals surface area contributed by atoms with E-state index in [0.717, 1.165) is 24.0 Å². The lowest BCUT2D eigenvalue weighted by Gasteiger charge is -2.27. The quantitative estimate of drug-likeness (QED) is 0.839. The van der Waals surface area contributed by atoms with Gasteiger partial charge in [0.15, 0.2) is 0 Å². The molecule has 5 heteroatoms. The van der Waals surface area contributed by atoms with Gasteiger partial charge in [-0.25, -0.2) is 4.98 Å². The predicted octanol–water partition coefficient (Wildman–Crippen LogP) is 0.205. The van der Waals surface area contributed by atoms with Gasteiger partial charge in [0.05, 0.1) is 41.2 Å². The van der Waals surface area contributed by atoms with E-state index in [1.807, 2.05) is 0 Å². The van der Waals surface area contributed by atoms with Gasteiger partial charge in [0.25, 0.3) is 0 Å². The molecule has 0 spiro atoms. The van der Waals surface area contributed by atoms with Gasteiger partial charge in [-0.15, -0.1) is 11.3 Å². The molecule has 1 fully saturated rings. The van der Waals surface area contributed by atoms with Crippen LogP contribution in [0, 0.1) is 6.92 Å². The molecule has 1 aromatic rings. The summed E-state index contributed by atoms with van der Waals surface area (Å²) in [5.74, 6) is -1.10. The maximum absolute atomic E-state index is 10.9. The number of carbonyl (C=O) groups excluding carboxylic acids is 1. The molecular formula is C14H22N2O2S. The first-order valence-corrected chi connectivity index (χ1v) is 7.89. The molecule has 1 aromatic heterocycles. The number of carboxylic acids is 1. The average Bonchev–Trinajstić information content (AvgIpc) is 2.78. The fourth-order valence-corrected chi connectivity index (χ4v) is 3.75. The molecule has 106 valence electrons. The molecule has 1 unspecified atom stereocenters. The number of nitrogens with zero attached hydrogens (tertiary/aromatic N) is 1. The third kappa shape index (κ3) is 3.76. The van der Waals surface area contributed by atoms with Crippen LogP contribution < -0.4 is 10.0 Å². The fourth-order valence-electron chi connectivity index (χ4n) is 2.85. The molecule has 1 heterocycles. The van der Waals surface area contributed by atoms with Crippen molar-refractivity contribution in [2.45, 2.75) is 51.5 Å². The van der Waals surface area contributed by atoms with E-state index in [4.69, 9.17) is 0 Å². The Labute approximate surface area is 118 Å². The molecule has 1 saturated carbocycles. The van der Waals surface area contributed by atoms with Crippen molar-refractivity contribution in [1.82, 2.24) is 4.98 Å². The summed E-state index contributed by atoms with van der Waals surface area (Å²) < 4.78 is 0. The Morgan fingerprint density at radius 2 is 2.11 bits per heavy atom. The molecule has 19 heavy (non-hydrogen) atoms. The maximum Gasteiger partial charge on any atom is 0.0991 e. The Morgan fingerprint density at radius 3 is 2.68 bits per heavy atom. The van der Waals surface area contributed by atoms with E-state index in [0.29, 0.717) is 5.69 Å². The molecule has 0 aliphatic heterocycles. The minimum absolute atomic E-state index is 0.283. The number of aromatic carboxylic acids is 1. The van der Waals surface area contributed by atoms with Crippen molar-refractivity contribution < 1.29 is 14.8 Å². The van der Waals surface area contributed by atoms with Gasteiger partial charge in [0.2, 0.25) is 0 Å². The second-order valence-corrected chi connectivity index (χ2v) is 6.57. The molecule has 1 atom stereocenters. The van der Waals surface area contributed by atoms with Crippen LogP contribution in [0.25, 0.3) is 0 Å². The van der Waals surface area contributed by atoms with Gasteiger partial charge >= 0.3 is 0 Å². The maximum atomic E-state index is 10.9. The Bertz CT molecular complexity index is 439. The molecule has 2 rings (SSSR count). The Kier molecular flexibility index (Phi) is 4.93. The van der Waals surface area contributed by atoms with Crippen LogP contribution in [-0.2, 0) is 6.42 Å². The molecule has 1 aliphatic carbocycles. The summed E-state index contributed by atoms with van der Waals surface area (Å²) in [4.78, 5) is 17.0. The molecule has 1 N–H and O–H groups in total. The number of rotatable bonds is 5. The minimum atomic E-state index is -1.10. The number of aromatic nitrogens is 1. The van der Waals surface area contributed by atoms with E-state index >= 15 is 0 Å². The summed E-state index contributed by atoms with van der Waals surface area (Å²) in [6, 6.07) is 0.774. The highest BCUT2D eigenvalue weighted by Crippen LogP contribution is 2.18. The first kappa shape index (κ1) is 14.5. The average molecular weight is 282 g/mol. The van der Waals surface area contributed by atoms with Crippen molar-refractivity contribution in [3.8, 4) is 0 Å². The highest BCUT2D eigenvalue weighted by atomic mass is 32.1. The summed E-state index contributed by atoms with van der Waals surface area (Å²) in [7, 11) is 2.25. The third-order valence-corrected chi connectivity index (χ3v) is 5.26. The first-order chi connectivity index (χ1) is 9.08. The number of aryl methyl sites for hydroxylation is 1. The number of likely N-dealkylation sites (N-methyl/N-ethyl adjacent to an activating group) is 1. The zero-order valence-electron chi connectivity index (χ0n) is 11.7. The van der Waals surface area contributed by atoms with Crippen LogP contribution in [-0.4, -0.2) is 30.6 Å². The Balaban J connectivity index is 1.87. The van der Waals surface area contributed by atoms with Crippen LogP contribution in [0.5, 0.6) is 0 Å². The smallest absolute Gasteiger partial charge is 0.0991 e. The summed E-state index contributed by atoms with van der Waals surface area (Å²) in [5, 5.41) is 11.8. The number of hydrogen-bond acceptors (Lipinski definition) is 4. The molecule has 1 aliphatic rings. The third-order valence-electron chi connectivity index (χ3n) is 4.06. The number of hydrogen-bond donors (Lipinski definition) is 1. The number of nitrogens with one attached hydrogen (secondary N) is 1. The fraction of sp³-hybridized carbons (Fsp3) is 0.714. The minimum Gasteiger partial charge on any atom is -0.544 e. The lowest BCUT2D eigenvalue weighted by atomic mass is 9.94. The van der Waals surface area contributed by atoms with Crippen molar-refractivity contribution >= 4 is 17.3 Å². The van der Waals surface area contributed by atoms with Crippen LogP contribution >= 0.6 is 11.3 Å². The van der Waals surface area contributed by atoms with E-state index in [9.17, 15) is 9.90 Å². The zero-order valence-corrected chi connectivity index (χ0v) is 12.5. The SMILES string of the molecule is Cc1nc(CC[NH+](C)C2CCCCC2)sc1C(=O)[O-]. The number of quaternary nitrogens is 1. The van der Waals surface area contributed by atoms with Gasteiger partial charge in [-0.2, -0.15) is 0 Å². The second-order valence-electron chi connectivity index (χ2n) is 5.49. The van der Waals surface area contributed by atoms with Crippen LogP contribution in [0.3, 0.4) is 0 Å². The van der Waals surface area contributed by atoms with E-state index < -0.39 is 5.97 Å². The molecule has 0 radical (unpaired) electrons. The molecule has 0 saturated heterocycles. The second kappa shape index (κ2) is 6.48. The van der Waals surface area contributed by atoms with Gasteiger partial charge in [0.1, 0.15) is 0 Å². The predicted molar refractivity (Wildman–Crippen MR) is 73.5 cm³/mol. The van der Waals surface area contributed by atoms with Crippen molar-refractivity contribution in [3.63, 3.8) is 0 Å². The van der Waals surface area contributed by atoms with Crippen LogP contribution in [0.4, 0.5) is 0 Å². The van der Waals surface area contributed by atoms with Gasteiger partial charge in [-0.05, 0) is 32.6 Å². The summed E-state index contributed by atoms with van der Waals surface area (Å²) in [6.45, 7) is 2.77. The van der Waals surface area contributed by atoms with Crippen molar-refractivity contribution in [2.75, 3.05) is 13.6 Å². The summed E-state index contributed by atoms with van der Waals surface area (Å²) in [6.07, 6.45) is 7.60. The normalized spacial score (nSPS) is 18.4. The van der Waals surface area contributed by atoms with Crippen molar-refractivity contribution in [2.24, 2.45) is 0 Å².